The highest BCUT2D eigenvalue weighted by Crippen LogP contribution is 2.14. The van der Waals surface area contributed by atoms with Gasteiger partial charge in [-0.15, -0.1) is 11.3 Å². The fourth-order valence-corrected chi connectivity index (χ4v) is 2.47. The molecule has 2 aromatic heterocycles. The lowest BCUT2D eigenvalue weighted by Crippen LogP contribution is -2.29. The Labute approximate surface area is 100 Å². The number of imidazole rings is 1. The highest BCUT2D eigenvalue weighted by atomic mass is 32.1. The first-order valence-electron chi connectivity index (χ1n) is 5.48. The summed E-state index contributed by atoms with van der Waals surface area (Å²) in [5, 5.41) is 3.51. The summed E-state index contributed by atoms with van der Waals surface area (Å²) >= 11 is 1.86. The van der Waals surface area contributed by atoms with Gasteiger partial charge in [-0.2, -0.15) is 0 Å². The van der Waals surface area contributed by atoms with E-state index < -0.39 is 0 Å². The van der Waals surface area contributed by atoms with E-state index >= 15 is 0 Å². The summed E-state index contributed by atoms with van der Waals surface area (Å²) < 4.78 is 2.09. The molecule has 0 bridgehead atoms. The summed E-state index contributed by atoms with van der Waals surface area (Å²) in [4.78, 5) is 6.81. The highest BCUT2D eigenvalue weighted by molar-refractivity contribution is 7.11. The molecule has 2 heterocycles. The summed E-state index contributed by atoms with van der Waals surface area (Å²) in [7, 11) is 0. The molecule has 0 saturated carbocycles. The normalized spacial score (nSPS) is 12.9. The predicted molar refractivity (Wildman–Crippen MR) is 67.6 cm³/mol. The van der Waals surface area contributed by atoms with Crippen LogP contribution in [0.25, 0.3) is 0 Å². The molecule has 0 aromatic carbocycles. The van der Waals surface area contributed by atoms with E-state index in [9.17, 15) is 0 Å². The number of hydrogen-bond acceptors (Lipinski definition) is 3. The van der Waals surface area contributed by atoms with E-state index in [2.05, 4.69) is 40.8 Å². The molecule has 0 aliphatic rings. The molecular formula is C12H17N3S. The molecule has 86 valence electrons. The average Bonchev–Trinajstić information content (AvgIpc) is 2.87. The molecule has 0 amide bonds. The molecule has 0 aliphatic heterocycles. The third-order valence-corrected chi connectivity index (χ3v) is 3.47. The highest BCUT2D eigenvalue weighted by Gasteiger charge is 2.03. The molecule has 0 fully saturated rings. The van der Waals surface area contributed by atoms with Gasteiger partial charge in [-0.1, -0.05) is 0 Å². The van der Waals surface area contributed by atoms with Crippen LogP contribution in [-0.4, -0.2) is 15.6 Å². The van der Waals surface area contributed by atoms with Gasteiger partial charge in [0.05, 0.1) is 6.33 Å². The Morgan fingerprint density at radius 2 is 2.38 bits per heavy atom. The minimum absolute atomic E-state index is 0.455. The Bertz CT molecular complexity index is 419. The number of hydrogen-bond donors (Lipinski definition) is 1. The smallest absolute Gasteiger partial charge is 0.0946 e. The van der Waals surface area contributed by atoms with Crippen LogP contribution in [0.3, 0.4) is 0 Å². The van der Waals surface area contributed by atoms with Crippen LogP contribution < -0.4 is 5.32 Å². The van der Waals surface area contributed by atoms with Crippen molar-refractivity contribution in [2.75, 3.05) is 0 Å². The summed E-state index contributed by atoms with van der Waals surface area (Å²) in [5.41, 5.74) is 0. The van der Waals surface area contributed by atoms with E-state index in [4.69, 9.17) is 0 Å². The fourth-order valence-electron chi connectivity index (χ4n) is 1.63. The van der Waals surface area contributed by atoms with Crippen LogP contribution in [0.2, 0.25) is 0 Å². The van der Waals surface area contributed by atoms with Gasteiger partial charge in [-0.05, 0) is 26.0 Å². The van der Waals surface area contributed by atoms with Gasteiger partial charge in [0, 0.05) is 41.3 Å². The van der Waals surface area contributed by atoms with Crippen molar-refractivity contribution in [1.29, 1.82) is 0 Å². The summed E-state index contributed by atoms with van der Waals surface area (Å²) in [6.07, 6.45) is 5.66. The molecule has 1 atom stereocenters. The van der Waals surface area contributed by atoms with Gasteiger partial charge in [0.15, 0.2) is 0 Å². The van der Waals surface area contributed by atoms with Gasteiger partial charge in [-0.25, -0.2) is 4.98 Å². The lowest BCUT2D eigenvalue weighted by atomic mass is 10.3. The van der Waals surface area contributed by atoms with Crippen LogP contribution >= 0.6 is 11.3 Å². The van der Waals surface area contributed by atoms with Crippen LogP contribution in [0.15, 0.2) is 30.9 Å². The molecular weight excluding hydrogens is 218 g/mol. The Morgan fingerprint density at radius 3 is 3.00 bits per heavy atom. The minimum Gasteiger partial charge on any atom is -0.336 e. The zero-order chi connectivity index (χ0) is 11.4. The fraction of sp³-hybridized carbons (Fsp3) is 0.417. The summed E-state index contributed by atoms with van der Waals surface area (Å²) in [6.45, 7) is 6.25. The number of nitrogens with one attached hydrogen (secondary N) is 1. The van der Waals surface area contributed by atoms with Gasteiger partial charge >= 0.3 is 0 Å². The Morgan fingerprint density at radius 1 is 1.50 bits per heavy atom. The van der Waals surface area contributed by atoms with Crippen molar-refractivity contribution in [1.82, 2.24) is 14.9 Å². The summed E-state index contributed by atoms with van der Waals surface area (Å²) in [5.74, 6) is 0. The zero-order valence-electron chi connectivity index (χ0n) is 9.68. The van der Waals surface area contributed by atoms with Gasteiger partial charge in [-0.3, -0.25) is 0 Å². The second-order valence-corrected chi connectivity index (χ2v) is 5.43. The van der Waals surface area contributed by atoms with E-state index in [0.29, 0.717) is 6.04 Å². The van der Waals surface area contributed by atoms with Crippen LogP contribution in [0.4, 0.5) is 0 Å². The van der Waals surface area contributed by atoms with Crippen molar-refractivity contribution in [2.24, 2.45) is 0 Å². The van der Waals surface area contributed by atoms with Crippen LogP contribution in [0.1, 0.15) is 16.7 Å². The van der Waals surface area contributed by atoms with Gasteiger partial charge in [0.1, 0.15) is 0 Å². The SMILES string of the molecule is Cc1ccc(CNC(C)Cn2ccnc2)s1. The second kappa shape index (κ2) is 5.27. The van der Waals surface area contributed by atoms with E-state index in [1.165, 1.54) is 9.75 Å². The van der Waals surface area contributed by atoms with Crippen LogP contribution in [0, 0.1) is 6.92 Å². The van der Waals surface area contributed by atoms with Crippen LogP contribution in [-0.2, 0) is 13.1 Å². The maximum Gasteiger partial charge on any atom is 0.0946 e. The third-order valence-electron chi connectivity index (χ3n) is 2.46. The van der Waals surface area contributed by atoms with Crippen molar-refractivity contribution in [2.45, 2.75) is 33.0 Å². The zero-order valence-corrected chi connectivity index (χ0v) is 10.5. The van der Waals surface area contributed by atoms with Crippen LogP contribution in [0.5, 0.6) is 0 Å². The monoisotopic (exact) mass is 235 g/mol. The van der Waals surface area contributed by atoms with Gasteiger partial charge in [0.25, 0.3) is 0 Å². The molecule has 2 rings (SSSR count). The molecule has 3 nitrogen and oxygen atoms in total. The first-order valence-corrected chi connectivity index (χ1v) is 6.30. The molecule has 0 aliphatic carbocycles. The Hall–Kier alpha value is -1.13. The number of aromatic nitrogens is 2. The number of nitrogens with zero attached hydrogens (tertiary/aromatic N) is 2. The maximum atomic E-state index is 4.03. The largest absolute Gasteiger partial charge is 0.336 e. The van der Waals surface area contributed by atoms with Crippen molar-refractivity contribution < 1.29 is 0 Å². The second-order valence-electron chi connectivity index (χ2n) is 4.05. The average molecular weight is 235 g/mol. The summed E-state index contributed by atoms with van der Waals surface area (Å²) in [6, 6.07) is 4.82. The number of rotatable bonds is 5. The van der Waals surface area contributed by atoms with Gasteiger partial charge in [0.2, 0.25) is 0 Å². The minimum atomic E-state index is 0.455. The third kappa shape index (κ3) is 3.18. The molecule has 16 heavy (non-hydrogen) atoms. The van der Waals surface area contributed by atoms with E-state index in [0.717, 1.165) is 13.1 Å². The lowest BCUT2D eigenvalue weighted by molar-refractivity contribution is 0.478. The molecule has 1 N–H and O–H groups in total. The van der Waals surface area contributed by atoms with Crippen molar-refractivity contribution in [3.63, 3.8) is 0 Å². The molecule has 4 heteroatoms. The quantitative estimate of drug-likeness (QED) is 0.862. The lowest BCUT2D eigenvalue weighted by Gasteiger charge is -2.13. The standard InChI is InChI=1S/C12H17N3S/c1-10(8-15-6-5-13-9-15)14-7-12-4-3-11(2)16-12/h3-6,9-10,14H,7-8H2,1-2H3. The number of thiophene rings is 1. The molecule has 0 spiro atoms. The molecule has 2 aromatic rings. The van der Waals surface area contributed by atoms with E-state index in [1.807, 2.05) is 30.1 Å². The first kappa shape index (κ1) is 11.4. The molecule has 1 unspecified atom stereocenters. The van der Waals surface area contributed by atoms with Crippen molar-refractivity contribution in [3.8, 4) is 0 Å². The predicted octanol–water partition coefficient (Wildman–Crippen LogP) is 2.43. The Kier molecular flexibility index (Phi) is 3.74. The Balaban J connectivity index is 1.77. The van der Waals surface area contributed by atoms with Crippen molar-refractivity contribution >= 4 is 11.3 Å². The topological polar surface area (TPSA) is 29.9 Å². The first-order chi connectivity index (χ1) is 7.74. The van der Waals surface area contributed by atoms with Crippen molar-refractivity contribution in [3.05, 3.63) is 40.6 Å². The van der Waals surface area contributed by atoms with E-state index in [1.54, 1.807) is 0 Å². The van der Waals surface area contributed by atoms with E-state index in [-0.39, 0.29) is 0 Å². The number of aryl methyl sites for hydroxylation is 1. The maximum absolute atomic E-state index is 4.03. The molecule has 0 radical (unpaired) electrons. The molecule has 0 saturated heterocycles. The van der Waals surface area contributed by atoms with Gasteiger partial charge < -0.3 is 9.88 Å².